The molecule has 0 radical (unpaired) electrons. The Kier molecular flexibility index (Phi) is 4.71. The second-order valence-electron chi connectivity index (χ2n) is 5.57. The van der Waals surface area contributed by atoms with Gasteiger partial charge in [-0.05, 0) is 23.5 Å². The molecule has 5 heteroatoms. The second-order valence-corrected chi connectivity index (χ2v) is 6.68. The van der Waals surface area contributed by atoms with E-state index in [1.54, 1.807) is 6.08 Å². The lowest BCUT2D eigenvalue weighted by atomic mass is 10.0. The Labute approximate surface area is 145 Å². The molecule has 1 aliphatic rings. The highest BCUT2D eigenvalue weighted by molar-refractivity contribution is 8.00. The standard InChI is InChI=1S/C19H18N2O2S/c1-24-19(13-15-10-6-3-7-11-15)18(23)20-16(17(22)21-19)12-14-8-4-2-5-9-14/h2-12H,13H2,1H3,(H,20,23)(H,21,22). The van der Waals surface area contributed by atoms with E-state index in [9.17, 15) is 9.59 Å². The van der Waals surface area contributed by atoms with Crippen LogP contribution in [0.3, 0.4) is 0 Å². The lowest BCUT2D eigenvalue weighted by Gasteiger charge is -2.36. The molecular weight excluding hydrogens is 320 g/mol. The first kappa shape index (κ1) is 16.3. The maximum absolute atomic E-state index is 12.7. The molecule has 24 heavy (non-hydrogen) atoms. The number of hydrogen-bond donors (Lipinski definition) is 2. The Balaban J connectivity index is 1.85. The van der Waals surface area contributed by atoms with Gasteiger partial charge < -0.3 is 10.6 Å². The van der Waals surface area contributed by atoms with Gasteiger partial charge in [0.15, 0.2) is 4.87 Å². The van der Waals surface area contributed by atoms with E-state index < -0.39 is 4.87 Å². The van der Waals surface area contributed by atoms with E-state index >= 15 is 0 Å². The lowest BCUT2D eigenvalue weighted by Crippen LogP contribution is -2.63. The largest absolute Gasteiger partial charge is 0.328 e. The molecule has 1 aliphatic heterocycles. The van der Waals surface area contributed by atoms with Crippen molar-refractivity contribution in [2.75, 3.05) is 6.26 Å². The zero-order valence-corrected chi connectivity index (χ0v) is 14.1. The number of thioether (sulfide) groups is 1. The zero-order chi connectivity index (χ0) is 17.0. The Bertz CT molecular complexity index is 774. The molecule has 1 atom stereocenters. The van der Waals surface area contributed by atoms with Gasteiger partial charge in [-0.25, -0.2) is 0 Å². The summed E-state index contributed by atoms with van der Waals surface area (Å²) in [4.78, 5) is 24.2. The van der Waals surface area contributed by atoms with Crippen LogP contribution in [-0.4, -0.2) is 22.9 Å². The molecule has 2 aromatic rings. The van der Waals surface area contributed by atoms with Crippen molar-refractivity contribution in [3.8, 4) is 0 Å². The molecule has 0 saturated carbocycles. The van der Waals surface area contributed by atoms with E-state index in [2.05, 4.69) is 10.6 Å². The van der Waals surface area contributed by atoms with Gasteiger partial charge >= 0.3 is 0 Å². The molecule has 1 unspecified atom stereocenters. The number of hydrogen-bond acceptors (Lipinski definition) is 3. The first-order valence-corrected chi connectivity index (χ1v) is 8.85. The van der Waals surface area contributed by atoms with Crippen molar-refractivity contribution in [1.29, 1.82) is 0 Å². The van der Waals surface area contributed by atoms with Gasteiger partial charge in [0.2, 0.25) is 0 Å². The number of carbonyl (C=O) groups excluding carboxylic acids is 2. The summed E-state index contributed by atoms with van der Waals surface area (Å²) in [5.74, 6) is -0.482. The average Bonchev–Trinajstić information content (AvgIpc) is 2.61. The highest BCUT2D eigenvalue weighted by atomic mass is 32.2. The number of nitrogens with one attached hydrogen (secondary N) is 2. The predicted octanol–water partition coefficient (Wildman–Crippen LogP) is 2.58. The van der Waals surface area contributed by atoms with Gasteiger partial charge in [0.1, 0.15) is 5.70 Å². The minimum absolute atomic E-state index is 0.208. The highest BCUT2D eigenvalue weighted by Gasteiger charge is 2.44. The summed E-state index contributed by atoms with van der Waals surface area (Å²) in [7, 11) is 0. The van der Waals surface area contributed by atoms with Crippen molar-refractivity contribution >= 4 is 29.7 Å². The first-order valence-electron chi connectivity index (χ1n) is 7.63. The van der Waals surface area contributed by atoms with Crippen LogP contribution in [0.4, 0.5) is 0 Å². The van der Waals surface area contributed by atoms with Gasteiger partial charge in [0, 0.05) is 6.42 Å². The van der Waals surface area contributed by atoms with Gasteiger partial charge in [0.05, 0.1) is 0 Å². The van der Waals surface area contributed by atoms with Crippen LogP contribution in [0, 0.1) is 0 Å². The fraction of sp³-hybridized carbons (Fsp3) is 0.158. The third kappa shape index (κ3) is 3.36. The van der Waals surface area contributed by atoms with E-state index in [1.165, 1.54) is 11.8 Å². The Hall–Kier alpha value is -2.53. The van der Waals surface area contributed by atoms with Crippen molar-refractivity contribution < 1.29 is 9.59 Å². The monoisotopic (exact) mass is 338 g/mol. The SMILES string of the molecule is CSC1(Cc2ccccc2)NC(=O)C(=Cc2ccccc2)NC1=O. The van der Waals surface area contributed by atoms with E-state index in [0.717, 1.165) is 11.1 Å². The minimum atomic E-state index is -0.994. The molecule has 4 nitrogen and oxygen atoms in total. The molecule has 0 spiro atoms. The minimum Gasteiger partial charge on any atom is -0.328 e. The zero-order valence-electron chi connectivity index (χ0n) is 13.3. The summed E-state index contributed by atoms with van der Waals surface area (Å²) in [5, 5.41) is 5.66. The highest BCUT2D eigenvalue weighted by Crippen LogP contribution is 2.28. The van der Waals surface area contributed by atoms with Gasteiger partial charge in [-0.3, -0.25) is 9.59 Å². The average molecular weight is 338 g/mol. The first-order chi connectivity index (χ1) is 11.6. The summed E-state index contributed by atoms with van der Waals surface area (Å²) >= 11 is 1.34. The van der Waals surface area contributed by atoms with E-state index in [-0.39, 0.29) is 17.5 Å². The predicted molar refractivity (Wildman–Crippen MR) is 97.1 cm³/mol. The molecule has 0 aliphatic carbocycles. The smallest absolute Gasteiger partial charge is 0.269 e. The topological polar surface area (TPSA) is 58.2 Å². The van der Waals surface area contributed by atoms with Gasteiger partial charge in [-0.2, -0.15) is 0 Å². The van der Waals surface area contributed by atoms with Crippen LogP contribution in [-0.2, 0) is 16.0 Å². The Morgan fingerprint density at radius 1 is 1.00 bits per heavy atom. The van der Waals surface area contributed by atoms with Crippen LogP contribution in [0.25, 0.3) is 6.08 Å². The Morgan fingerprint density at radius 2 is 1.62 bits per heavy atom. The molecule has 2 aromatic carbocycles. The van der Waals surface area contributed by atoms with Crippen molar-refractivity contribution in [3.05, 3.63) is 77.5 Å². The molecule has 0 bridgehead atoms. The van der Waals surface area contributed by atoms with Crippen molar-refractivity contribution in [3.63, 3.8) is 0 Å². The maximum atomic E-state index is 12.7. The van der Waals surface area contributed by atoms with Crippen LogP contribution in [0.2, 0.25) is 0 Å². The number of rotatable bonds is 4. The fourth-order valence-corrected chi connectivity index (χ4v) is 3.37. The van der Waals surface area contributed by atoms with Crippen molar-refractivity contribution in [2.45, 2.75) is 11.3 Å². The molecule has 3 rings (SSSR count). The van der Waals surface area contributed by atoms with Gasteiger partial charge in [0.25, 0.3) is 11.8 Å². The van der Waals surface area contributed by atoms with E-state index in [0.29, 0.717) is 6.42 Å². The molecule has 0 aromatic heterocycles. The van der Waals surface area contributed by atoms with Crippen molar-refractivity contribution in [2.24, 2.45) is 0 Å². The summed E-state index contributed by atoms with van der Waals surface area (Å²) in [6.45, 7) is 0. The summed E-state index contributed by atoms with van der Waals surface area (Å²) in [5.41, 5.74) is 2.13. The molecule has 1 heterocycles. The van der Waals surface area contributed by atoms with Crippen LogP contribution >= 0.6 is 11.8 Å². The second kappa shape index (κ2) is 6.93. The third-order valence-corrected chi connectivity index (χ3v) is 5.06. The molecule has 1 saturated heterocycles. The quantitative estimate of drug-likeness (QED) is 0.843. The van der Waals surface area contributed by atoms with Crippen LogP contribution in [0.15, 0.2) is 66.4 Å². The van der Waals surface area contributed by atoms with Crippen LogP contribution in [0.5, 0.6) is 0 Å². The van der Waals surface area contributed by atoms with Gasteiger partial charge in [-0.1, -0.05) is 60.7 Å². The van der Waals surface area contributed by atoms with Crippen LogP contribution < -0.4 is 10.6 Å². The molecule has 2 amide bonds. The van der Waals surface area contributed by atoms with Crippen molar-refractivity contribution in [1.82, 2.24) is 10.6 Å². The molecule has 2 N–H and O–H groups in total. The molecular formula is C19H18N2O2S. The number of amides is 2. The maximum Gasteiger partial charge on any atom is 0.269 e. The lowest BCUT2D eigenvalue weighted by molar-refractivity contribution is -0.132. The van der Waals surface area contributed by atoms with Gasteiger partial charge in [-0.15, -0.1) is 11.8 Å². The van der Waals surface area contributed by atoms with E-state index in [1.807, 2.05) is 66.9 Å². The number of piperazine rings is 1. The fourth-order valence-electron chi connectivity index (χ4n) is 2.63. The number of carbonyl (C=O) groups is 2. The molecule has 1 fully saturated rings. The summed E-state index contributed by atoms with van der Waals surface area (Å²) in [6.07, 6.45) is 3.94. The van der Waals surface area contributed by atoms with E-state index in [4.69, 9.17) is 0 Å². The van der Waals surface area contributed by atoms with Crippen LogP contribution in [0.1, 0.15) is 11.1 Å². The normalized spacial score (nSPS) is 22.1. The molecule has 122 valence electrons. The Morgan fingerprint density at radius 3 is 2.25 bits per heavy atom. The third-order valence-electron chi connectivity index (χ3n) is 3.93. The summed E-state index contributed by atoms with van der Waals surface area (Å²) < 4.78 is 0. The number of benzene rings is 2. The summed E-state index contributed by atoms with van der Waals surface area (Å²) in [6, 6.07) is 19.1.